The number of benzene rings is 2. The Labute approximate surface area is 123 Å². The van der Waals surface area contributed by atoms with E-state index in [4.69, 9.17) is 0 Å². The third kappa shape index (κ3) is 3.51. The van der Waals surface area contributed by atoms with Crippen molar-refractivity contribution >= 4 is 22.9 Å². The summed E-state index contributed by atoms with van der Waals surface area (Å²) in [7, 11) is 0. The molecule has 1 radical (unpaired) electrons. The van der Waals surface area contributed by atoms with Gasteiger partial charge >= 0.3 is 0 Å². The van der Waals surface area contributed by atoms with Crippen LogP contribution in [0, 0.1) is 0 Å². The topological polar surface area (TPSA) is 51.1 Å². The molecule has 0 saturated heterocycles. The highest BCUT2D eigenvalue weighted by Gasteiger charge is 2.03. The Balaban J connectivity index is 1.73. The first-order valence-corrected chi connectivity index (χ1v) is 6.71. The molecule has 0 saturated carbocycles. The number of nitrogens with zero attached hydrogens (tertiary/aromatic N) is 2. The zero-order valence-corrected chi connectivity index (χ0v) is 11.4. The molecule has 2 N–H and O–H groups in total. The second-order valence-corrected chi connectivity index (χ2v) is 4.45. The van der Waals surface area contributed by atoms with Crippen molar-refractivity contribution < 1.29 is 0 Å². The first-order valence-electron chi connectivity index (χ1n) is 6.71. The van der Waals surface area contributed by atoms with Crippen LogP contribution >= 0.6 is 0 Å². The van der Waals surface area contributed by atoms with Gasteiger partial charge in [-0.15, -0.1) is 0 Å². The molecule has 21 heavy (non-hydrogen) atoms. The molecule has 0 bridgehead atoms. The molecule has 2 aromatic carbocycles. The first-order chi connectivity index (χ1) is 10.4. The molecule has 4 heteroatoms. The maximum Gasteiger partial charge on any atom is 0.146 e. The van der Waals surface area contributed by atoms with Gasteiger partial charge < -0.3 is 5.32 Å². The van der Waals surface area contributed by atoms with Crippen LogP contribution in [0.3, 0.4) is 0 Å². The molecule has 0 unspecified atom stereocenters. The predicted octanol–water partition coefficient (Wildman–Crippen LogP) is 4.09. The Kier molecular flexibility index (Phi) is 3.98. The zero-order valence-electron chi connectivity index (χ0n) is 11.4. The largest absolute Gasteiger partial charge is 0.354 e. The predicted molar refractivity (Wildman–Crippen MR) is 85.8 cm³/mol. The highest BCUT2D eigenvalue weighted by molar-refractivity contribution is 5.71. The molecular formula is C17H15N4. The lowest BCUT2D eigenvalue weighted by atomic mass is 10.2. The van der Waals surface area contributed by atoms with Gasteiger partial charge in [-0.05, 0) is 36.4 Å². The van der Waals surface area contributed by atoms with Gasteiger partial charge in [-0.1, -0.05) is 36.4 Å². The third-order valence-corrected chi connectivity index (χ3v) is 2.91. The summed E-state index contributed by atoms with van der Waals surface area (Å²) in [5.74, 6) is 0.715. The van der Waals surface area contributed by atoms with Gasteiger partial charge in [0.05, 0.1) is 5.69 Å². The summed E-state index contributed by atoms with van der Waals surface area (Å²) in [6.07, 6.45) is 1.73. The molecule has 4 nitrogen and oxygen atoms in total. The molecule has 0 atom stereocenters. The molecule has 1 heterocycles. The van der Waals surface area contributed by atoms with Crippen molar-refractivity contribution in [2.45, 2.75) is 0 Å². The maximum absolute atomic E-state index is 4.40. The lowest BCUT2D eigenvalue weighted by Gasteiger charge is -2.12. The lowest BCUT2D eigenvalue weighted by Crippen LogP contribution is -2.10. The van der Waals surface area contributed by atoms with Crippen LogP contribution in [0.15, 0.2) is 79.0 Å². The summed E-state index contributed by atoms with van der Waals surface area (Å²) in [4.78, 5) is 4.18. The zero-order chi connectivity index (χ0) is 14.3. The van der Waals surface area contributed by atoms with E-state index >= 15 is 0 Å². The van der Waals surface area contributed by atoms with Crippen molar-refractivity contribution in [3.8, 4) is 0 Å². The first kappa shape index (κ1) is 13.0. The molecule has 0 amide bonds. The number of nitrogens with one attached hydrogen (secondary N) is 2. The summed E-state index contributed by atoms with van der Waals surface area (Å²) in [5.41, 5.74) is 10.1. The van der Waals surface area contributed by atoms with E-state index in [1.165, 1.54) is 0 Å². The van der Waals surface area contributed by atoms with Gasteiger partial charge in [0.1, 0.15) is 11.5 Å². The molecule has 0 aliphatic heterocycles. The van der Waals surface area contributed by atoms with Crippen molar-refractivity contribution in [1.82, 2.24) is 10.4 Å². The average molecular weight is 275 g/mol. The number of hydrogen-bond donors (Lipinski definition) is 2. The molecule has 0 fully saturated rings. The van der Waals surface area contributed by atoms with E-state index in [9.17, 15) is 0 Å². The fraction of sp³-hybridized carbons (Fsp3) is 0. The number of aromatic nitrogens is 1. The number of para-hydroxylation sites is 3. The van der Waals surface area contributed by atoms with Crippen molar-refractivity contribution in [1.29, 1.82) is 0 Å². The van der Waals surface area contributed by atoms with E-state index in [2.05, 4.69) is 21.2 Å². The summed E-state index contributed by atoms with van der Waals surface area (Å²) in [6.45, 7) is 0. The molecule has 3 aromatic rings. The van der Waals surface area contributed by atoms with Crippen LogP contribution in [0.1, 0.15) is 0 Å². The van der Waals surface area contributed by atoms with Gasteiger partial charge in [0, 0.05) is 11.9 Å². The van der Waals surface area contributed by atoms with Crippen LogP contribution in [0.4, 0.5) is 22.9 Å². The van der Waals surface area contributed by atoms with Gasteiger partial charge in [0.2, 0.25) is 0 Å². The van der Waals surface area contributed by atoms with Crippen molar-refractivity contribution in [2.24, 2.45) is 0 Å². The van der Waals surface area contributed by atoms with E-state index in [1.54, 1.807) is 6.20 Å². The second-order valence-electron chi connectivity index (χ2n) is 4.45. The van der Waals surface area contributed by atoms with Gasteiger partial charge in [0.25, 0.3) is 0 Å². The highest BCUT2D eigenvalue weighted by atomic mass is 15.4. The Morgan fingerprint density at radius 1 is 0.762 bits per heavy atom. The van der Waals surface area contributed by atoms with Gasteiger partial charge in [-0.2, -0.15) is 5.43 Å². The fourth-order valence-electron chi connectivity index (χ4n) is 1.90. The van der Waals surface area contributed by atoms with E-state index in [0.29, 0.717) is 5.82 Å². The average Bonchev–Trinajstić information content (AvgIpc) is 2.56. The Morgan fingerprint density at radius 2 is 1.52 bits per heavy atom. The van der Waals surface area contributed by atoms with Gasteiger partial charge in [-0.25, -0.2) is 4.98 Å². The van der Waals surface area contributed by atoms with Crippen LogP contribution in [0.25, 0.3) is 0 Å². The van der Waals surface area contributed by atoms with E-state index in [1.807, 2.05) is 72.8 Å². The number of rotatable bonds is 5. The minimum Gasteiger partial charge on any atom is -0.354 e. The maximum atomic E-state index is 4.40. The van der Waals surface area contributed by atoms with Crippen LogP contribution < -0.4 is 16.2 Å². The van der Waals surface area contributed by atoms with E-state index < -0.39 is 0 Å². The number of anilines is 3. The monoisotopic (exact) mass is 275 g/mol. The summed E-state index contributed by atoms with van der Waals surface area (Å²) in [6, 6.07) is 23.5. The molecular weight excluding hydrogens is 260 g/mol. The van der Waals surface area contributed by atoms with Gasteiger partial charge in [-0.3, -0.25) is 5.43 Å². The Morgan fingerprint density at radius 3 is 2.33 bits per heavy atom. The smallest absolute Gasteiger partial charge is 0.146 e. The van der Waals surface area contributed by atoms with E-state index in [-0.39, 0.29) is 0 Å². The van der Waals surface area contributed by atoms with Crippen molar-refractivity contribution in [3.05, 3.63) is 79.0 Å². The molecule has 103 valence electrons. The minimum absolute atomic E-state index is 0.715. The number of hydrogen-bond acceptors (Lipinski definition) is 3. The van der Waals surface area contributed by atoms with Crippen LogP contribution in [0.5, 0.6) is 0 Å². The van der Waals surface area contributed by atoms with Crippen LogP contribution in [-0.2, 0) is 0 Å². The second kappa shape index (κ2) is 6.43. The third-order valence-electron chi connectivity index (χ3n) is 2.91. The fourth-order valence-corrected chi connectivity index (χ4v) is 1.90. The quantitative estimate of drug-likeness (QED) is 0.690. The minimum atomic E-state index is 0.715. The Bertz CT molecular complexity index is 683. The summed E-state index contributed by atoms with van der Waals surface area (Å²) >= 11 is 0. The van der Waals surface area contributed by atoms with Crippen molar-refractivity contribution in [2.75, 3.05) is 10.7 Å². The summed E-state index contributed by atoms with van der Waals surface area (Å²) in [5, 5.41) is 3.35. The van der Waals surface area contributed by atoms with Gasteiger partial charge in [0.15, 0.2) is 0 Å². The van der Waals surface area contributed by atoms with Crippen molar-refractivity contribution in [3.63, 3.8) is 0 Å². The molecule has 0 aliphatic rings. The molecule has 1 aromatic heterocycles. The molecule has 0 spiro atoms. The SMILES string of the molecule is c1ccc(Nc2ccccc2[N]Nc2ccccn2)cc1. The Hall–Kier alpha value is -3.01. The number of pyridine rings is 1. The molecule has 3 rings (SSSR count). The molecule has 0 aliphatic carbocycles. The summed E-state index contributed by atoms with van der Waals surface area (Å²) < 4.78 is 0. The standard InChI is InChI=1S/C17H15N4/c1-2-8-14(9-3-1)19-15-10-4-5-11-16(15)20-21-17-12-6-7-13-18-17/h1-13,19H,(H,18,21). The van der Waals surface area contributed by atoms with E-state index in [0.717, 1.165) is 17.1 Å². The van der Waals surface area contributed by atoms with Crippen LogP contribution in [0.2, 0.25) is 0 Å². The highest BCUT2D eigenvalue weighted by Crippen LogP contribution is 2.25. The normalized spacial score (nSPS) is 9.90. The van der Waals surface area contributed by atoms with Crippen LogP contribution in [-0.4, -0.2) is 4.98 Å². The lowest BCUT2D eigenvalue weighted by molar-refractivity contribution is 1.02.